The molecule has 2 aliphatic rings. The van der Waals surface area contributed by atoms with Gasteiger partial charge in [-0.2, -0.15) is 0 Å². The highest BCUT2D eigenvalue weighted by Crippen LogP contribution is 2.28. The van der Waals surface area contributed by atoms with Crippen molar-refractivity contribution in [3.05, 3.63) is 0 Å². The highest BCUT2D eigenvalue weighted by molar-refractivity contribution is 5.86. The van der Waals surface area contributed by atoms with E-state index in [9.17, 15) is 4.79 Å². The molecule has 0 radical (unpaired) electrons. The zero-order valence-electron chi connectivity index (χ0n) is 12.7. The summed E-state index contributed by atoms with van der Waals surface area (Å²) in [7, 11) is 1.67. The monoisotopic (exact) mass is 304 g/mol. The number of hydrogen-bond donors (Lipinski definition) is 2. The molecule has 5 heteroatoms. The van der Waals surface area contributed by atoms with Gasteiger partial charge in [0.05, 0.1) is 0 Å². The second-order valence-corrected chi connectivity index (χ2v) is 6.06. The molecule has 2 N–H and O–H groups in total. The van der Waals surface area contributed by atoms with E-state index in [1.165, 1.54) is 19.3 Å². The highest BCUT2D eigenvalue weighted by atomic mass is 35.5. The van der Waals surface area contributed by atoms with Crippen LogP contribution in [0, 0.1) is 5.92 Å². The van der Waals surface area contributed by atoms with Crippen LogP contribution >= 0.6 is 12.4 Å². The third-order valence-corrected chi connectivity index (χ3v) is 4.91. The summed E-state index contributed by atoms with van der Waals surface area (Å²) < 4.78 is 5.58. The van der Waals surface area contributed by atoms with Gasteiger partial charge in [0.1, 0.15) is 5.60 Å². The number of rotatable bonds is 4. The zero-order chi connectivity index (χ0) is 13.7. The average molecular weight is 305 g/mol. The molecule has 0 aromatic carbocycles. The van der Waals surface area contributed by atoms with Gasteiger partial charge in [0.2, 0.25) is 0 Å². The Morgan fingerprint density at radius 1 is 1.35 bits per heavy atom. The lowest BCUT2D eigenvalue weighted by atomic mass is 9.83. The van der Waals surface area contributed by atoms with Crippen molar-refractivity contribution < 1.29 is 9.53 Å². The van der Waals surface area contributed by atoms with Crippen LogP contribution in [0.15, 0.2) is 0 Å². The topological polar surface area (TPSA) is 50.4 Å². The van der Waals surface area contributed by atoms with Crippen LogP contribution in [-0.2, 0) is 9.53 Å². The largest absolute Gasteiger partial charge is 0.368 e. The average Bonchev–Trinajstić information content (AvgIpc) is 2.48. The number of methoxy groups -OCH3 is 1. The maximum absolute atomic E-state index is 12.6. The summed E-state index contributed by atoms with van der Waals surface area (Å²) in [4.78, 5) is 12.6. The molecule has 1 aliphatic carbocycles. The summed E-state index contributed by atoms with van der Waals surface area (Å²) in [5.41, 5.74) is -0.593. The van der Waals surface area contributed by atoms with Crippen LogP contribution in [0.5, 0.6) is 0 Å². The highest BCUT2D eigenvalue weighted by Gasteiger charge is 2.40. The normalized spacial score (nSPS) is 29.3. The molecule has 20 heavy (non-hydrogen) atoms. The van der Waals surface area contributed by atoms with Gasteiger partial charge in [0, 0.05) is 13.2 Å². The predicted octanol–water partition coefficient (Wildman–Crippen LogP) is 2.26. The number of piperidine rings is 1. The maximum Gasteiger partial charge on any atom is 0.252 e. The molecule has 2 rings (SSSR count). The minimum Gasteiger partial charge on any atom is -0.368 e. The van der Waals surface area contributed by atoms with Crippen molar-refractivity contribution in [3.63, 3.8) is 0 Å². The van der Waals surface area contributed by atoms with Gasteiger partial charge in [-0.1, -0.05) is 26.2 Å². The first kappa shape index (κ1) is 17.7. The van der Waals surface area contributed by atoms with E-state index >= 15 is 0 Å². The van der Waals surface area contributed by atoms with Gasteiger partial charge in [-0.05, 0) is 44.7 Å². The van der Waals surface area contributed by atoms with E-state index in [0.717, 1.165) is 44.7 Å². The first-order valence-electron chi connectivity index (χ1n) is 7.77. The standard InChI is InChI=1S/C15H28N2O2.ClH/c1-3-12-5-4-6-13(11-12)17-14(18)15(19-2)7-9-16-10-8-15;/h12-13,16H,3-11H2,1-2H3,(H,17,18);1H. The fourth-order valence-electron chi connectivity index (χ4n) is 3.46. The Hall–Kier alpha value is -0.320. The van der Waals surface area contributed by atoms with E-state index in [1.54, 1.807) is 7.11 Å². The number of carbonyl (C=O) groups excluding carboxylic acids is 1. The lowest BCUT2D eigenvalue weighted by Crippen LogP contribution is -2.56. The molecule has 1 heterocycles. The summed E-state index contributed by atoms with van der Waals surface area (Å²) in [6, 6.07) is 0.355. The molecule has 2 fully saturated rings. The fourth-order valence-corrected chi connectivity index (χ4v) is 3.46. The third kappa shape index (κ3) is 4.09. The molecule has 1 aliphatic heterocycles. The van der Waals surface area contributed by atoms with Gasteiger partial charge in [0.25, 0.3) is 5.91 Å². The molecule has 0 aromatic rings. The Morgan fingerprint density at radius 2 is 2.05 bits per heavy atom. The van der Waals surface area contributed by atoms with Crippen LogP contribution < -0.4 is 10.6 Å². The number of ether oxygens (including phenoxy) is 1. The zero-order valence-corrected chi connectivity index (χ0v) is 13.6. The van der Waals surface area contributed by atoms with E-state index in [4.69, 9.17) is 4.74 Å². The summed E-state index contributed by atoms with van der Waals surface area (Å²) in [5.74, 6) is 0.892. The van der Waals surface area contributed by atoms with Gasteiger partial charge in [-0.15, -0.1) is 12.4 Å². The van der Waals surface area contributed by atoms with Crippen molar-refractivity contribution in [2.75, 3.05) is 20.2 Å². The Kier molecular flexibility index (Phi) is 7.27. The van der Waals surface area contributed by atoms with E-state index in [1.807, 2.05) is 0 Å². The van der Waals surface area contributed by atoms with Crippen LogP contribution in [0.3, 0.4) is 0 Å². The second kappa shape index (κ2) is 8.20. The lowest BCUT2D eigenvalue weighted by Gasteiger charge is -2.37. The summed E-state index contributed by atoms with van der Waals surface area (Å²) in [6.07, 6.45) is 7.61. The smallest absolute Gasteiger partial charge is 0.252 e. The molecule has 2 atom stereocenters. The van der Waals surface area contributed by atoms with E-state index in [2.05, 4.69) is 17.6 Å². The van der Waals surface area contributed by atoms with E-state index < -0.39 is 5.60 Å². The molecule has 1 saturated carbocycles. The lowest BCUT2D eigenvalue weighted by molar-refractivity contribution is -0.147. The van der Waals surface area contributed by atoms with Crippen molar-refractivity contribution in [2.24, 2.45) is 5.92 Å². The van der Waals surface area contributed by atoms with Crippen LogP contribution in [0.4, 0.5) is 0 Å². The van der Waals surface area contributed by atoms with E-state index in [-0.39, 0.29) is 18.3 Å². The Bertz CT molecular complexity index is 306. The molecule has 0 bridgehead atoms. The van der Waals surface area contributed by atoms with Crippen molar-refractivity contribution in [1.29, 1.82) is 0 Å². The van der Waals surface area contributed by atoms with Crippen molar-refractivity contribution >= 4 is 18.3 Å². The van der Waals surface area contributed by atoms with Crippen LogP contribution in [-0.4, -0.2) is 37.7 Å². The van der Waals surface area contributed by atoms with Gasteiger partial charge >= 0.3 is 0 Å². The Balaban J connectivity index is 0.00000200. The van der Waals surface area contributed by atoms with Gasteiger partial charge in [-0.25, -0.2) is 0 Å². The molecule has 118 valence electrons. The second-order valence-electron chi connectivity index (χ2n) is 6.06. The van der Waals surface area contributed by atoms with Gasteiger partial charge in [0.15, 0.2) is 0 Å². The first-order chi connectivity index (χ1) is 9.20. The van der Waals surface area contributed by atoms with Crippen molar-refractivity contribution in [1.82, 2.24) is 10.6 Å². The predicted molar refractivity (Wildman–Crippen MR) is 83.3 cm³/mol. The number of nitrogens with one attached hydrogen (secondary N) is 2. The molecule has 2 unspecified atom stereocenters. The minimum absolute atomic E-state index is 0. The van der Waals surface area contributed by atoms with Gasteiger partial charge in [-0.3, -0.25) is 4.79 Å². The van der Waals surface area contributed by atoms with Crippen molar-refractivity contribution in [2.45, 2.75) is 63.5 Å². The quantitative estimate of drug-likeness (QED) is 0.837. The molecule has 0 aromatic heterocycles. The van der Waals surface area contributed by atoms with E-state index in [0.29, 0.717) is 6.04 Å². The summed E-state index contributed by atoms with van der Waals surface area (Å²) in [5, 5.41) is 6.54. The number of carbonyl (C=O) groups is 1. The number of amides is 1. The fraction of sp³-hybridized carbons (Fsp3) is 0.933. The van der Waals surface area contributed by atoms with Crippen molar-refractivity contribution in [3.8, 4) is 0 Å². The third-order valence-electron chi connectivity index (χ3n) is 4.91. The Labute approximate surface area is 128 Å². The summed E-state index contributed by atoms with van der Waals surface area (Å²) >= 11 is 0. The molecule has 1 amide bonds. The van der Waals surface area contributed by atoms with Crippen LogP contribution in [0.1, 0.15) is 51.9 Å². The first-order valence-corrected chi connectivity index (χ1v) is 7.77. The Morgan fingerprint density at radius 3 is 2.65 bits per heavy atom. The molecular formula is C15H29ClN2O2. The van der Waals surface area contributed by atoms with Gasteiger partial charge < -0.3 is 15.4 Å². The van der Waals surface area contributed by atoms with Crippen LogP contribution in [0.25, 0.3) is 0 Å². The SMILES string of the molecule is CCC1CCCC(NC(=O)C2(OC)CCNCC2)C1.Cl. The number of hydrogen-bond acceptors (Lipinski definition) is 3. The molecular weight excluding hydrogens is 276 g/mol. The maximum atomic E-state index is 12.6. The minimum atomic E-state index is -0.593. The van der Waals surface area contributed by atoms with Crippen LogP contribution in [0.2, 0.25) is 0 Å². The molecule has 1 saturated heterocycles. The molecule has 0 spiro atoms. The summed E-state index contributed by atoms with van der Waals surface area (Å²) in [6.45, 7) is 3.98. The number of halogens is 1. The molecule has 4 nitrogen and oxygen atoms in total.